The molecule has 0 spiro atoms. The van der Waals surface area contributed by atoms with Gasteiger partial charge in [-0.1, -0.05) is 151 Å². The van der Waals surface area contributed by atoms with Crippen LogP contribution in [-0.2, 0) is 32.5 Å². The first-order chi connectivity index (χ1) is 34.0. The fourth-order valence-electron chi connectivity index (χ4n) is 15.5. The summed E-state index contributed by atoms with van der Waals surface area (Å²) in [5.41, 5.74) is 22.7. The molecule has 5 aliphatic carbocycles. The number of thiophene rings is 1. The van der Waals surface area contributed by atoms with Gasteiger partial charge in [-0.3, -0.25) is 0 Å². The average Bonchev–Trinajstić information content (AvgIpc) is 3.69. The summed E-state index contributed by atoms with van der Waals surface area (Å²) in [6.07, 6.45) is 10.7. The van der Waals surface area contributed by atoms with Crippen molar-refractivity contribution in [3.05, 3.63) is 149 Å². The van der Waals surface area contributed by atoms with Crippen molar-refractivity contribution in [3.63, 3.8) is 0 Å². The number of hydrogen-bond acceptors (Lipinski definition) is 3. The molecule has 4 heteroatoms. The van der Waals surface area contributed by atoms with Crippen molar-refractivity contribution in [2.24, 2.45) is 17.8 Å². The molecule has 368 valence electrons. The van der Waals surface area contributed by atoms with Crippen molar-refractivity contribution < 1.29 is 0 Å². The zero-order valence-corrected chi connectivity index (χ0v) is 46.6. The van der Waals surface area contributed by atoms with E-state index in [2.05, 4.69) is 226 Å². The summed E-state index contributed by atoms with van der Waals surface area (Å²) in [5.74, 6) is 2.52. The summed E-state index contributed by atoms with van der Waals surface area (Å²) in [7, 11) is 0. The number of hydrogen-bond donors (Lipinski definition) is 0. The largest absolute Gasteiger partial charge is 0.311 e. The van der Waals surface area contributed by atoms with Crippen LogP contribution < -0.4 is 25.5 Å². The van der Waals surface area contributed by atoms with Crippen LogP contribution in [-0.4, -0.2) is 6.71 Å². The SMILES string of the molecule is CC(C)(C)c1ccc(N2c3cc(C45CC6CC(CC(C6)C4)C5)cc4c3B(c3cc(C(C)(C)C)ccc3N4c3ccc(C(C)(C)C)cc3-c3ccccc3)c3sc4cc5c(cc4c32)C(C)(C)CCC5(C)C)cc1. The molecule has 72 heavy (non-hydrogen) atoms. The Morgan fingerprint density at radius 1 is 0.528 bits per heavy atom. The number of anilines is 6. The minimum Gasteiger partial charge on any atom is -0.311 e. The van der Waals surface area contributed by atoms with Gasteiger partial charge in [0.1, 0.15) is 0 Å². The normalized spacial score (nSPS) is 23.5. The maximum atomic E-state index is 2.80. The lowest BCUT2D eigenvalue weighted by atomic mass is 9.35. The molecule has 14 rings (SSSR count). The standard InChI is InChI=1S/C68H77BN2S/c1-63(2,3)45-19-23-49(24-20-45)70-57-34-48(68-38-41-29-42(39-68)31-43(30-41)40-68)35-58-60(57)69(62-61(70)51-36-52-53(37-59(51)72-62)67(12,13)28-27-66(52,10)11)54-33-47(65(7,8)9)22-26-56(54)71(58)55-25-21-46(64(4,5)6)32-50(55)44-17-15-14-16-18-44/h14-26,32-37,41-43H,27-31,38-40H2,1-13H3. The molecule has 0 atom stereocenters. The molecule has 4 saturated carbocycles. The van der Waals surface area contributed by atoms with Gasteiger partial charge in [-0.15, -0.1) is 11.3 Å². The van der Waals surface area contributed by atoms with E-state index in [4.69, 9.17) is 0 Å². The van der Waals surface area contributed by atoms with E-state index >= 15 is 0 Å². The second kappa shape index (κ2) is 15.5. The Morgan fingerprint density at radius 2 is 1.06 bits per heavy atom. The predicted octanol–water partition coefficient (Wildman–Crippen LogP) is 17.4. The lowest BCUT2D eigenvalue weighted by Gasteiger charge is -2.57. The zero-order chi connectivity index (χ0) is 50.2. The third-order valence-electron chi connectivity index (χ3n) is 19.3. The van der Waals surface area contributed by atoms with E-state index in [9.17, 15) is 0 Å². The first kappa shape index (κ1) is 46.7. The molecule has 1 aromatic heterocycles. The fourth-order valence-corrected chi connectivity index (χ4v) is 16.8. The Balaban J connectivity index is 1.18. The van der Waals surface area contributed by atoms with Gasteiger partial charge in [0.05, 0.1) is 11.4 Å². The minimum atomic E-state index is -0.0242. The molecular weight excluding hydrogens is 888 g/mol. The van der Waals surface area contributed by atoms with E-state index in [1.54, 1.807) is 16.7 Å². The molecule has 0 N–H and O–H groups in total. The summed E-state index contributed by atoms with van der Waals surface area (Å²) < 4.78 is 2.91. The smallest absolute Gasteiger partial charge is 0.264 e. The van der Waals surface area contributed by atoms with Gasteiger partial charge in [0.2, 0.25) is 0 Å². The quantitative estimate of drug-likeness (QED) is 0.162. The van der Waals surface area contributed by atoms with Gasteiger partial charge in [-0.25, -0.2) is 0 Å². The Hall–Kier alpha value is -5.06. The maximum Gasteiger partial charge on any atom is 0.264 e. The van der Waals surface area contributed by atoms with E-state index in [-0.39, 0.29) is 39.2 Å². The minimum absolute atomic E-state index is 0.00355. The van der Waals surface area contributed by atoms with Crippen LogP contribution in [0.5, 0.6) is 0 Å². The second-order valence-corrected chi connectivity index (χ2v) is 29.5. The lowest BCUT2D eigenvalue weighted by Crippen LogP contribution is -2.61. The van der Waals surface area contributed by atoms with Crippen molar-refractivity contribution in [2.45, 2.75) is 174 Å². The van der Waals surface area contributed by atoms with Crippen LogP contribution in [0, 0.1) is 17.8 Å². The highest BCUT2D eigenvalue weighted by Crippen LogP contribution is 2.62. The van der Waals surface area contributed by atoms with Gasteiger partial charge in [0.25, 0.3) is 6.71 Å². The topological polar surface area (TPSA) is 6.48 Å². The molecular formula is C68H77BN2S. The van der Waals surface area contributed by atoms with Crippen LogP contribution in [0.4, 0.5) is 34.1 Å². The third kappa shape index (κ3) is 7.13. The van der Waals surface area contributed by atoms with Gasteiger partial charge in [-0.05, 0) is 206 Å². The molecule has 7 aromatic rings. The van der Waals surface area contributed by atoms with E-state index < -0.39 is 0 Å². The van der Waals surface area contributed by atoms with Crippen LogP contribution in [0.25, 0.3) is 21.2 Å². The number of nitrogens with zero attached hydrogens (tertiary/aromatic N) is 2. The highest BCUT2D eigenvalue weighted by Gasteiger charge is 2.54. The number of fused-ring (bicyclic) bond motifs is 7. The van der Waals surface area contributed by atoms with Crippen LogP contribution >= 0.6 is 11.3 Å². The van der Waals surface area contributed by atoms with Crippen molar-refractivity contribution in [3.8, 4) is 11.1 Å². The summed E-state index contributed by atoms with van der Waals surface area (Å²) in [6.45, 7) is 31.4. The van der Waals surface area contributed by atoms with Gasteiger partial charge < -0.3 is 9.80 Å². The van der Waals surface area contributed by atoms with E-state index in [0.717, 1.165) is 17.8 Å². The second-order valence-electron chi connectivity index (χ2n) is 28.4. The highest BCUT2D eigenvalue weighted by atomic mass is 32.1. The fraction of sp³-hybridized carbons (Fsp3) is 0.441. The van der Waals surface area contributed by atoms with Crippen LogP contribution in [0.15, 0.2) is 115 Å². The van der Waals surface area contributed by atoms with E-state index in [0.29, 0.717) is 0 Å². The van der Waals surface area contributed by atoms with Crippen LogP contribution in [0.3, 0.4) is 0 Å². The van der Waals surface area contributed by atoms with Gasteiger partial charge >= 0.3 is 0 Å². The zero-order valence-electron chi connectivity index (χ0n) is 45.7. The van der Waals surface area contributed by atoms with Crippen LogP contribution in [0.1, 0.15) is 175 Å². The van der Waals surface area contributed by atoms with Crippen LogP contribution in [0.2, 0.25) is 0 Å². The highest BCUT2D eigenvalue weighted by molar-refractivity contribution is 7.33. The van der Waals surface area contributed by atoms with Crippen molar-refractivity contribution in [1.29, 1.82) is 0 Å². The lowest BCUT2D eigenvalue weighted by molar-refractivity contribution is -0.00514. The molecule has 0 amide bonds. The van der Waals surface area contributed by atoms with Gasteiger partial charge in [0.15, 0.2) is 0 Å². The Bertz CT molecular complexity index is 3310. The first-order valence-corrected chi connectivity index (χ1v) is 28.6. The number of benzene rings is 6. The molecule has 0 radical (unpaired) electrons. The molecule has 0 unspecified atom stereocenters. The maximum absolute atomic E-state index is 2.80. The third-order valence-corrected chi connectivity index (χ3v) is 20.5. The molecule has 3 heterocycles. The molecule has 4 fully saturated rings. The Labute approximate surface area is 436 Å². The molecule has 0 saturated heterocycles. The Morgan fingerprint density at radius 3 is 1.64 bits per heavy atom. The summed E-state index contributed by atoms with van der Waals surface area (Å²) >= 11 is 2.09. The monoisotopic (exact) mass is 965 g/mol. The van der Waals surface area contributed by atoms with Crippen molar-refractivity contribution in [2.75, 3.05) is 9.80 Å². The van der Waals surface area contributed by atoms with Gasteiger partial charge in [0, 0.05) is 43.2 Å². The summed E-state index contributed by atoms with van der Waals surface area (Å²) in [5, 5.41) is 1.42. The van der Waals surface area contributed by atoms with Crippen molar-refractivity contribution >= 4 is 78.0 Å². The predicted molar refractivity (Wildman–Crippen MR) is 313 cm³/mol. The summed E-state index contributed by atoms with van der Waals surface area (Å²) in [4.78, 5) is 5.56. The molecule has 2 aliphatic heterocycles. The molecule has 6 aromatic carbocycles. The molecule has 7 aliphatic rings. The van der Waals surface area contributed by atoms with E-state index in [1.165, 1.54) is 139 Å². The Kier molecular flexibility index (Phi) is 10.1. The summed E-state index contributed by atoms with van der Waals surface area (Å²) in [6, 6.07) is 47.0. The molecule has 4 bridgehead atoms. The molecule has 2 nitrogen and oxygen atoms in total. The van der Waals surface area contributed by atoms with E-state index in [1.807, 2.05) is 0 Å². The first-order valence-electron chi connectivity index (χ1n) is 27.8. The number of rotatable bonds is 4. The average molecular weight is 965 g/mol. The van der Waals surface area contributed by atoms with Gasteiger partial charge in [-0.2, -0.15) is 0 Å². The van der Waals surface area contributed by atoms with Crippen molar-refractivity contribution in [1.82, 2.24) is 0 Å².